The lowest BCUT2D eigenvalue weighted by Crippen LogP contribution is -2.15. The summed E-state index contributed by atoms with van der Waals surface area (Å²) >= 11 is 0. The third-order valence-corrected chi connectivity index (χ3v) is 3.99. The van der Waals surface area contributed by atoms with Gasteiger partial charge < -0.3 is 10.1 Å². The first kappa shape index (κ1) is 18.0. The van der Waals surface area contributed by atoms with E-state index in [0.29, 0.717) is 0 Å². The van der Waals surface area contributed by atoms with Gasteiger partial charge in [-0.2, -0.15) is 5.10 Å². The van der Waals surface area contributed by atoms with Gasteiger partial charge in [0.05, 0.1) is 18.4 Å². The van der Waals surface area contributed by atoms with Crippen LogP contribution in [-0.4, -0.2) is 23.4 Å². The highest BCUT2D eigenvalue weighted by molar-refractivity contribution is 5.30. The molecular formula is C17H33N3O. The van der Waals surface area contributed by atoms with Crippen LogP contribution in [0.1, 0.15) is 69.5 Å². The van der Waals surface area contributed by atoms with Crippen molar-refractivity contribution < 1.29 is 4.74 Å². The van der Waals surface area contributed by atoms with Crippen molar-refractivity contribution in [2.75, 3.05) is 13.7 Å². The van der Waals surface area contributed by atoms with Crippen molar-refractivity contribution in [2.45, 2.75) is 71.8 Å². The van der Waals surface area contributed by atoms with Crippen LogP contribution in [0.4, 0.5) is 0 Å². The molecule has 1 aromatic heterocycles. The lowest BCUT2D eigenvalue weighted by molar-refractivity contribution is 0.368. The zero-order valence-electron chi connectivity index (χ0n) is 14.4. The predicted molar refractivity (Wildman–Crippen MR) is 88.8 cm³/mol. The van der Waals surface area contributed by atoms with Gasteiger partial charge in [0.15, 0.2) is 0 Å². The van der Waals surface area contributed by atoms with E-state index in [9.17, 15) is 0 Å². The number of nitrogens with one attached hydrogen (secondary N) is 1. The Morgan fingerprint density at radius 3 is 2.29 bits per heavy atom. The molecule has 0 atom stereocenters. The van der Waals surface area contributed by atoms with Crippen LogP contribution < -0.4 is 10.1 Å². The molecule has 21 heavy (non-hydrogen) atoms. The highest BCUT2D eigenvalue weighted by atomic mass is 16.5. The Kier molecular flexibility index (Phi) is 9.15. The molecule has 0 radical (unpaired) electrons. The minimum absolute atomic E-state index is 0.847. The van der Waals surface area contributed by atoms with Crippen LogP contribution in [0, 0.1) is 6.92 Å². The van der Waals surface area contributed by atoms with Gasteiger partial charge in [-0.15, -0.1) is 0 Å². The van der Waals surface area contributed by atoms with E-state index in [-0.39, 0.29) is 0 Å². The third-order valence-electron chi connectivity index (χ3n) is 3.99. The number of unbranched alkanes of at least 4 members (excludes halogenated alkanes) is 7. The quantitative estimate of drug-likeness (QED) is 0.593. The molecule has 1 rings (SSSR count). The number of hydrogen-bond donors (Lipinski definition) is 1. The molecular weight excluding hydrogens is 262 g/mol. The van der Waals surface area contributed by atoms with E-state index in [1.165, 1.54) is 56.9 Å². The Bertz CT molecular complexity index is 388. The summed E-state index contributed by atoms with van der Waals surface area (Å²) in [4.78, 5) is 0. The second-order valence-electron chi connectivity index (χ2n) is 5.85. The van der Waals surface area contributed by atoms with Gasteiger partial charge in [0.2, 0.25) is 5.88 Å². The van der Waals surface area contributed by atoms with Crippen LogP contribution in [0.15, 0.2) is 0 Å². The Morgan fingerprint density at radius 1 is 1.05 bits per heavy atom. The second-order valence-corrected chi connectivity index (χ2v) is 5.85. The van der Waals surface area contributed by atoms with Gasteiger partial charge in [-0.1, -0.05) is 51.9 Å². The Balaban J connectivity index is 2.07. The number of aryl methyl sites for hydroxylation is 2. The largest absolute Gasteiger partial charge is 0.481 e. The molecule has 1 aromatic rings. The van der Waals surface area contributed by atoms with Crippen molar-refractivity contribution in [3.8, 4) is 5.88 Å². The van der Waals surface area contributed by atoms with E-state index in [4.69, 9.17) is 4.74 Å². The summed E-state index contributed by atoms with van der Waals surface area (Å²) in [6.45, 7) is 6.23. The molecule has 1 N–H and O–H groups in total. The van der Waals surface area contributed by atoms with E-state index < -0.39 is 0 Å². The van der Waals surface area contributed by atoms with E-state index >= 15 is 0 Å². The van der Waals surface area contributed by atoms with E-state index in [1.807, 2.05) is 18.7 Å². The van der Waals surface area contributed by atoms with E-state index in [2.05, 4.69) is 17.3 Å². The number of rotatable bonds is 12. The minimum atomic E-state index is 0.847. The fraction of sp³-hybridized carbons (Fsp3) is 0.824. The molecule has 0 saturated heterocycles. The molecule has 0 bridgehead atoms. The molecule has 0 aliphatic rings. The lowest BCUT2D eigenvalue weighted by atomic mass is 10.1. The second kappa shape index (κ2) is 10.7. The highest BCUT2D eigenvalue weighted by Gasteiger charge is 2.12. The fourth-order valence-electron chi connectivity index (χ4n) is 2.74. The van der Waals surface area contributed by atoms with Gasteiger partial charge >= 0.3 is 0 Å². The van der Waals surface area contributed by atoms with Gasteiger partial charge in [0.1, 0.15) is 0 Å². The maximum absolute atomic E-state index is 5.40. The molecule has 122 valence electrons. The van der Waals surface area contributed by atoms with Crippen molar-refractivity contribution in [1.82, 2.24) is 15.1 Å². The molecule has 0 amide bonds. The third kappa shape index (κ3) is 6.51. The first-order chi connectivity index (χ1) is 10.2. The fourth-order valence-corrected chi connectivity index (χ4v) is 2.74. The molecule has 0 aliphatic heterocycles. The molecule has 0 unspecified atom stereocenters. The van der Waals surface area contributed by atoms with Crippen molar-refractivity contribution in [1.29, 1.82) is 0 Å². The summed E-state index contributed by atoms with van der Waals surface area (Å²) in [6.07, 6.45) is 10.9. The monoisotopic (exact) mass is 295 g/mol. The molecule has 1 heterocycles. The molecule has 0 aliphatic carbocycles. The average Bonchev–Trinajstić information content (AvgIpc) is 2.74. The van der Waals surface area contributed by atoms with Gasteiger partial charge in [-0.05, 0) is 19.9 Å². The van der Waals surface area contributed by atoms with E-state index in [0.717, 1.165) is 24.7 Å². The number of methoxy groups -OCH3 is 1. The number of aromatic nitrogens is 2. The van der Waals surface area contributed by atoms with Crippen molar-refractivity contribution in [3.05, 3.63) is 11.3 Å². The van der Waals surface area contributed by atoms with Crippen LogP contribution in [0.25, 0.3) is 0 Å². The van der Waals surface area contributed by atoms with Crippen LogP contribution in [0.5, 0.6) is 5.88 Å². The molecule has 4 heteroatoms. The molecule has 4 nitrogen and oxygen atoms in total. The van der Waals surface area contributed by atoms with Crippen LogP contribution >= 0.6 is 0 Å². The number of hydrogen-bond acceptors (Lipinski definition) is 3. The minimum Gasteiger partial charge on any atom is -0.481 e. The summed E-state index contributed by atoms with van der Waals surface area (Å²) in [5.74, 6) is 0.871. The number of nitrogens with zero attached hydrogens (tertiary/aromatic N) is 2. The lowest BCUT2D eigenvalue weighted by Gasteiger charge is -2.07. The SMILES string of the molecule is CCCCCCCCCCNCc1c(C)nn(C)c1OC. The smallest absolute Gasteiger partial charge is 0.216 e. The van der Waals surface area contributed by atoms with E-state index in [1.54, 1.807) is 7.11 Å². The van der Waals surface area contributed by atoms with Gasteiger partial charge in [-0.3, -0.25) is 0 Å². The molecule has 0 fully saturated rings. The zero-order chi connectivity index (χ0) is 15.5. The Hall–Kier alpha value is -1.03. The van der Waals surface area contributed by atoms with Crippen LogP contribution in [0.2, 0.25) is 0 Å². The Labute approximate surface area is 130 Å². The molecule has 0 aromatic carbocycles. The summed E-state index contributed by atoms with van der Waals surface area (Å²) in [7, 11) is 3.63. The zero-order valence-corrected chi connectivity index (χ0v) is 14.4. The van der Waals surface area contributed by atoms with Gasteiger partial charge in [-0.25, -0.2) is 4.68 Å². The topological polar surface area (TPSA) is 39.1 Å². The van der Waals surface area contributed by atoms with Gasteiger partial charge in [0, 0.05) is 13.6 Å². The van der Waals surface area contributed by atoms with Crippen LogP contribution in [0.3, 0.4) is 0 Å². The highest BCUT2D eigenvalue weighted by Crippen LogP contribution is 2.20. The number of ether oxygens (including phenoxy) is 1. The summed E-state index contributed by atoms with van der Waals surface area (Å²) in [5, 5.41) is 7.91. The first-order valence-electron chi connectivity index (χ1n) is 8.47. The maximum Gasteiger partial charge on any atom is 0.216 e. The predicted octanol–water partition coefficient (Wildman–Crippen LogP) is 3.97. The van der Waals surface area contributed by atoms with Crippen LogP contribution in [-0.2, 0) is 13.6 Å². The van der Waals surface area contributed by atoms with Crippen molar-refractivity contribution >= 4 is 0 Å². The normalized spacial score (nSPS) is 11.0. The van der Waals surface area contributed by atoms with Crippen molar-refractivity contribution in [2.24, 2.45) is 7.05 Å². The first-order valence-corrected chi connectivity index (χ1v) is 8.47. The molecule has 0 saturated carbocycles. The van der Waals surface area contributed by atoms with Gasteiger partial charge in [0.25, 0.3) is 0 Å². The summed E-state index contributed by atoms with van der Waals surface area (Å²) in [5.41, 5.74) is 2.23. The average molecular weight is 295 g/mol. The maximum atomic E-state index is 5.40. The Morgan fingerprint density at radius 2 is 1.67 bits per heavy atom. The van der Waals surface area contributed by atoms with Crippen molar-refractivity contribution in [3.63, 3.8) is 0 Å². The summed E-state index contributed by atoms with van der Waals surface area (Å²) < 4.78 is 7.21. The molecule has 0 spiro atoms. The standard InChI is InChI=1S/C17H33N3O/c1-5-6-7-8-9-10-11-12-13-18-14-16-15(2)19-20(3)17(16)21-4/h18H,5-14H2,1-4H3. The summed E-state index contributed by atoms with van der Waals surface area (Å²) in [6, 6.07) is 0.